The molecule has 4 rings (SSSR count). The predicted octanol–water partition coefficient (Wildman–Crippen LogP) is 3.78. The van der Waals surface area contributed by atoms with Crippen LogP contribution in [0, 0.1) is 13.8 Å². The lowest BCUT2D eigenvalue weighted by Crippen LogP contribution is -1.94. The van der Waals surface area contributed by atoms with Crippen LogP contribution in [0.4, 0.5) is 0 Å². The van der Waals surface area contributed by atoms with Crippen LogP contribution in [0.3, 0.4) is 0 Å². The standard InChI is InChI=1S/C16H14N4OS/c1-10-7-11(2)20-8-12(18-15(20)17-10)9-22-16-19-13-5-3-4-6-14(13)21-16/h3-8H,9H2,1-2H3. The van der Waals surface area contributed by atoms with Gasteiger partial charge in [-0.25, -0.2) is 15.0 Å². The normalized spacial score (nSPS) is 11.5. The van der Waals surface area contributed by atoms with Gasteiger partial charge in [0.15, 0.2) is 5.58 Å². The summed E-state index contributed by atoms with van der Waals surface area (Å²) in [5.41, 5.74) is 4.77. The number of thioether (sulfide) groups is 1. The number of hydrogen-bond acceptors (Lipinski definition) is 5. The van der Waals surface area contributed by atoms with Gasteiger partial charge in [-0.2, -0.15) is 0 Å². The van der Waals surface area contributed by atoms with Gasteiger partial charge in [0.2, 0.25) is 5.78 Å². The number of rotatable bonds is 3. The molecule has 0 unspecified atom stereocenters. The number of fused-ring (bicyclic) bond motifs is 2. The topological polar surface area (TPSA) is 56.2 Å². The zero-order chi connectivity index (χ0) is 15.1. The van der Waals surface area contributed by atoms with Crippen LogP contribution >= 0.6 is 11.8 Å². The second-order valence-corrected chi connectivity index (χ2v) is 6.10. The maximum absolute atomic E-state index is 5.71. The largest absolute Gasteiger partial charge is 0.431 e. The Morgan fingerprint density at radius 3 is 2.86 bits per heavy atom. The van der Waals surface area contributed by atoms with Gasteiger partial charge in [-0.05, 0) is 32.0 Å². The van der Waals surface area contributed by atoms with E-state index in [4.69, 9.17) is 4.42 Å². The van der Waals surface area contributed by atoms with Crippen molar-refractivity contribution in [1.29, 1.82) is 0 Å². The molecule has 0 spiro atoms. The monoisotopic (exact) mass is 310 g/mol. The van der Waals surface area contributed by atoms with E-state index < -0.39 is 0 Å². The summed E-state index contributed by atoms with van der Waals surface area (Å²) in [5.74, 6) is 1.44. The van der Waals surface area contributed by atoms with Crippen molar-refractivity contribution < 1.29 is 4.42 Å². The first kappa shape index (κ1) is 13.3. The summed E-state index contributed by atoms with van der Waals surface area (Å²) in [6, 6.07) is 9.82. The smallest absolute Gasteiger partial charge is 0.257 e. The molecule has 0 aliphatic heterocycles. The molecule has 0 aliphatic rings. The molecule has 0 saturated carbocycles. The number of aromatic nitrogens is 4. The zero-order valence-electron chi connectivity index (χ0n) is 12.3. The summed E-state index contributed by atoms with van der Waals surface area (Å²) < 4.78 is 7.72. The first-order valence-corrected chi connectivity index (χ1v) is 7.98. The highest BCUT2D eigenvalue weighted by molar-refractivity contribution is 7.98. The second kappa shape index (κ2) is 5.14. The minimum atomic E-state index is 0.666. The van der Waals surface area contributed by atoms with Crippen LogP contribution in [-0.4, -0.2) is 19.4 Å². The molecular formula is C16H14N4OS. The number of imidazole rings is 1. The van der Waals surface area contributed by atoms with Gasteiger partial charge >= 0.3 is 0 Å². The van der Waals surface area contributed by atoms with Gasteiger partial charge in [-0.3, -0.25) is 4.40 Å². The summed E-state index contributed by atoms with van der Waals surface area (Å²) >= 11 is 1.54. The third-order valence-electron chi connectivity index (χ3n) is 3.43. The number of benzene rings is 1. The van der Waals surface area contributed by atoms with E-state index in [2.05, 4.69) is 21.9 Å². The first-order chi connectivity index (χ1) is 10.7. The molecule has 0 saturated heterocycles. The van der Waals surface area contributed by atoms with E-state index >= 15 is 0 Å². The van der Waals surface area contributed by atoms with Crippen molar-refractivity contribution >= 4 is 28.6 Å². The fraction of sp³-hybridized carbons (Fsp3) is 0.188. The summed E-state index contributed by atoms with van der Waals surface area (Å²) in [5, 5.41) is 0.666. The Morgan fingerprint density at radius 1 is 1.14 bits per heavy atom. The van der Waals surface area contributed by atoms with Gasteiger partial charge in [-0.1, -0.05) is 23.9 Å². The molecule has 0 bridgehead atoms. The Labute approximate surface area is 131 Å². The van der Waals surface area contributed by atoms with Crippen molar-refractivity contribution in [2.45, 2.75) is 24.8 Å². The van der Waals surface area contributed by atoms with Crippen LogP contribution in [-0.2, 0) is 5.75 Å². The number of nitrogens with zero attached hydrogens (tertiary/aromatic N) is 4. The highest BCUT2D eigenvalue weighted by Gasteiger charge is 2.09. The molecule has 4 aromatic rings. The van der Waals surface area contributed by atoms with Crippen molar-refractivity contribution in [3.05, 3.63) is 53.6 Å². The SMILES string of the molecule is Cc1cc(C)n2cc(CSc3nc4ccccc4o3)nc2n1. The Morgan fingerprint density at radius 2 is 2.00 bits per heavy atom. The molecule has 0 atom stereocenters. The molecule has 0 aliphatic carbocycles. The molecule has 0 amide bonds. The molecular weight excluding hydrogens is 296 g/mol. The molecule has 6 heteroatoms. The lowest BCUT2D eigenvalue weighted by atomic mass is 10.3. The molecule has 110 valence electrons. The third kappa shape index (κ3) is 2.35. The molecule has 1 aromatic carbocycles. The average Bonchev–Trinajstić information content (AvgIpc) is 3.07. The summed E-state index contributed by atoms with van der Waals surface area (Å²) in [6.07, 6.45) is 2.02. The minimum Gasteiger partial charge on any atom is -0.431 e. The quantitative estimate of drug-likeness (QED) is 0.539. The van der Waals surface area contributed by atoms with E-state index in [1.165, 1.54) is 0 Å². The zero-order valence-corrected chi connectivity index (χ0v) is 13.1. The van der Waals surface area contributed by atoms with Crippen LogP contribution < -0.4 is 0 Å². The number of hydrogen-bond donors (Lipinski definition) is 0. The minimum absolute atomic E-state index is 0.666. The van der Waals surface area contributed by atoms with Crippen LogP contribution in [0.2, 0.25) is 0 Å². The second-order valence-electron chi connectivity index (χ2n) is 5.18. The van der Waals surface area contributed by atoms with Gasteiger partial charge in [0.1, 0.15) is 5.52 Å². The Kier molecular flexibility index (Phi) is 3.11. The Balaban J connectivity index is 1.59. The molecule has 5 nitrogen and oxygen atoms in total. The lowest BCUT2D eigenvalue weighted by Gasteiger charge is -1.98. The third-order valence-corrected chi connectivity index (χ3v) is 4.29. The van der Waals surface area contributed by atoms with E-state index in [-0.39, 0.29) is 0 Å². The van der Waals surface area contributed by atoms with E-state index in [9.17, 15) is 0 Å². The van der Waals surface area contributed by atoms with E-state index in [0.29, 0.717) is 11.0 Å². The van der Waals surface area contributed by atoms with Gasteiger partial charge in [0.25, 0.3) is 5.22 Å². The van der Waals surface area contributed by atoms with Crippen molar-refractivity contribution in [2.24, 2.45) is 0 Å². The average molecular weight is 310 g/mol. The Bertz CT molecular complexity index is 940. The van der Waals surface area contributed by atoms with E-state index in [0.717, 1.165) is 34.0 Å². The highest BCUT2D eigenvalue weighted by atomic mass is 32.2. The van der Waals surface area contributed by atoms with Crippen molar-refractivity contribution in [3.8, 4) is 0 Å². The van der Waals surface area contributed by atoms with Gasteiger partial charge in [0.05, 0.1) is 5.69 Å². The molecule has 22 heavy (non-hydrogen) atoms. The van der Waals surface area contributed by atoms with Crippen molar-refractivity contribution in [1.82, 2.24) is 19.4 Å². The van der Waals surface area contributed by atoms with Gasteiger partial charge in [0, 0.05) is 23.3 Å². The molecule has 3 aromatic heterocycles. The van der Waals surface area contributed by atoms with Gasteiger partial charge in [-0.15, -0.1) is 0 Å². The van der Waals surface area contributed by atoms with Crippen molar-refractivity contribution in [2.75, 3.05) is 0 Å². The maximum atomic E-state index is 5.71. The summed E-state index contributed by atoms with van der Waals surface area (Å²) in [7, 11) is 0. The van der Waals surface area contributed by atoms with E-state index in [1.54, 1.807) is 11.8 Å². The molecule has 0 radical (unpaired) electrons. The lowest BCUT2D eigenvalue weighted by molar-refractivity contribution is 0.489. The van der Waals surface area contributed by atoms with Crippen LogP contribution in [0.15, 0.2) is 46.2 Å². The van der Waals surface area contributed by atoms with Gasteiger partial charge < -0.3 is 4.42 Å². The van der Waals surface area contributed by atoms with E-state index in [1.807, 2.05) is 47.9 Å². The Hall–Kier alpha value is -2.34. The number of aryl methyl sites for hydroxylation is 2. The van der Waals surface area contributed by atoms with Crippen LogP contribution in [0.5, 0.6) is 0 Å². The first-order valence-electron chi connectivity index (χ1n) is 7.00. The molecule has 0 fully saturated rings. The maximum Gasteiger partial charge on any atom is 0.257 e. The fourth-order valence-corrected chi connectivity index (χ4v) is 3.16. The highest BCUT2D eigenvalue weighted by Crippen LogP contribution is 2.26. The van der Waals surface area contributed by atoms with Crippen LogP contribution in [0.25, 0.3) is 16.9 Å². The number of oxazole rings is 1. The van der Waals surface area contributed by atoms with Crippen LogP contribution in [0.1, 0.15) is 17.1 Å². The summed E-state index contributed by atoms with van der Waals surface area (Å²) in [6.45, 7) is 4.04. The molecule has 3 heterocycles. The number of para-hydroxylation sites is 2. The summed E-state index contributed by atoms with van der Waals surface area (Å²) in [4.78, 5) is 13.5. The molecule has 0 N–H and O–H groups in total. The fourth-order valence-electron chi connectivity index (χ4n) is 2.44. The van der Waals surface area contributed by atoms with Crippen molar-refractivity contribution in [3.63, 3.8) is 0 Å². The predicted molar refractivity (Wildman–Crippen MR) is 86.0 cm³/mol.